The van der Waals surface area contributed by atoms with Crippen molar-refractivity contribution in [1.29, 1.82) is 0 Å². The molecule has 0 bridgehead atoms. The maximum absolute atomic E-state index is 12.7. The number of thioether (sulfide) groups is 1. The highest BCUT2D eigenvalue weighted by atomic mass is 32.2. The van der Waals surface area contributed by atoms with Crippen molar-refractivity contribution in [1.82, 2.24) is 10.2 Å². The quantitative estimate of drug-likeness (QED) is 0.388. The second-order valence-electron chi connectivity index (χ2n) is 5.89. The first-order valence-electron chi connectivity index (χ1n) is 8.80. The summed E-state index contributed by atoms with van der Waals surface area (Å²) >= 11 is 1.18. The van der Waals surface area contributed by atoms with Crippen molar-refractivity contribution in [3.8, 4) is 23.0 Å². The molecular weight excluding hydrogens is 390 g/mol. The summed E-state index contributed by atoms with van der Waals surface area (Å²) in [5.41, 5.74) is 1.48. The highest BCUT2D eigenvalue weighted by molar-refractivity contribution is 7.99. The Balaban J connectivity index is 1.70. The molecule has 1 heterocycles. The number of anilines is 1. The maximum atomic E-state index is 12.7. The molecule has 1 amide bonds. The van der Waals surface area contributed by atoms with Crippen molar-refractivity contribution in [2.45, 2.75) is 5.22 Å². The van der Waals surface area contributed by atoms with Gasteiger partial charge in [0.05, 0.1) is 20.0 Å². The maximum Gasteiger partial charge on any atom is 0.277 e. The van der Waals surface area contributed by atoms with Gasteiger partial charge in [-0.2, -0.15) is 0 Å². The molecule has 0 aliphatic heterocycles. The number of methoxy groups -OCH3 is 2. The smallest absolute Gasteiger partial charge is 0.277 e. The van der Waals surface area contributed by atoms with Gasteiger partial charge in [-0.15, -0.1) is 16.8 Å². The summed E-state index contributed by atoms with van der Waals surface area (Å²) in [4.78, 5) is 14.3. The molecule has 0 saturated carbocycles. The Morgan fingerprint density at radius 1 is 1.14 bits per heavy atom. The van der Waals surface area contributed by atoms with Crippen LogP contribution in [0.15, 0.2) is 70.8 Å². The van der Waals surface area contributed by atoms with Gasteiger partial charge in [0.15, 0.2) is 0 Å². The normalized spacial score (nSPS) is 10.4. The molecule has 150 valence electrons. The molecule has 1 aromatic heterocycles. The summed E-state index contributed by atoms with van der Waals surface area (Å²) in [5.74, 6) is 1.63. The van der Waals surface area contributed by atoms with E-state index in [4.69, 9.17) is 13.9 Å². The zero-order valence-electron chi connectivity index (χ0n) is 16.2. The Morgan fingerprint density at radius 3 is 2.45 bits per heavy atom. The third kappa shape index (κ3) is 5.17. The third-order valence-electron chi connectivity index (χ3n) is 4.00. The van der Waals surface area contributed by atoms with E-state index >= 15 is 0 Å². The molecular formula is C21H21N3O4S. The van der Waals surface area contributed by atoms with Crippen molar-refractivity contribution in [2.24, 2.45) is 0 Å². The lowest BCUT2D eigenvalue weighted by Crippen LogP contribution is -2.32. The summed E-state index contributed by atoms with van der Waals surface area (Å²) in [6.07, 6.45) is 1.69. The molecule has 8 heteroatoms. The average Bonchev–Trinajstić information content (AvgIpc) is 3.25. The van der Waals surface area contributed by atoms with E-state index < -0.39 is 0 Å². The van der Waals surface area contributed by atoms with E-state index in [1.54, 1.807) is 43.4 Å². The van der Waals surface area contributed by atoms with E-state index in [0.29, 0.717) is 34.7 Å². The summed E-state index contributed by atoms with van der Waals surface area (Å²) in [6.45, 7) is 4.15. The minimum Gasteiger partial charge on any atom is -0.497 e. The van der Waals surface area contributed by atoms with E-state index in [-0.39, 0.29) is 11.7 Å². The number of hydrogen-bond acceptors (Lipinski definition) is 7. The summed E-state index contributed by atoms with van der Waals surface area (Å²) < 4.78 is 16.2. The molecule has 0 spiro atoms. The Hall–Kier alpha value is -3.26. The molecule has 0 aliphatic rings. The molecule has 0 atom stereocenters. The molecule has 0 saturated heterocycles. The number of carbonyl (C=O) groups is 1. The first-order chi connectivity index (χ1) is 14.1. The van der Waals surface area contributed by atoms with E-state index in [1.807, 2.05) is 30.3 Å². The molecule has 3 rings (SSSR count). The van der Waals surface area contributed by atoms with Gasteiger partial charge in [-0.1, -0.05) is 36.0 Å². The van der Waals surface area contributed by atoms with Crippen LogP contribution in [0.5, 0.6) is 11.5 Å². The molecule has 29 heavy (non-hydrogen) atoms. The van der Waals surface area contributed by atoms with Crippen molar-refractivity contribution in [3.63, 3.8) is 0 Å². The zero-order valence-corrected chi connectivity index (χ0v) is 17.0. The van der Waals surface area contributed by atoms with Crippen molar-refractivity contribution in [2.75, 3.05) is 31.4 Å². The molecule has 3 aromatic rings. The summed E-state index contributed by atoms with van der Waals surface area (Å²) in [5, 5.41) is 8.40. The number of ether oxygens (including phenoxy) is 2. The lowest BCUT2D eigenvalue weighted by molar-refractivity contribution is -0.116. The SMILES string of the molecule is C=CCN(C(=O)CSc1nnc(-c2cc(OC)cc(OC)c2)o1)c1ccccc1. The van der Waals surface area contributed by atoms with Crippen LogP contribution in [0.3, 0.4) is 0 Å². The molecule has 7 nitrogen and oxygen atoms in total. The van der Waals surface area contributed by atoms with Crippen molar-refractivity contribution in [3.05, 3.63) is 61.2 Å². The molecule has 0 fully saturated rings. The Bertz CT molecular complexity index is 953. The van der Waals surface area contributed by atoms with Gasteiger partial charge in [-0.3, -0.25) is 4.79 Å². The number of benzene rings is 2. The first-order valence-corrected chi connectivity index (χ1v) is 9.79. The fourth-order valence-corrected chi connectivity index (χ4v) is 3.24. The lowest BCUT2D eigenvalue weighted by Gasteiger charge is -2.20. The van der Waals surface area contributed by atoms with Gasteiger partial charge in [0, 0.05) is 23.9 Å². The third-order valence-corrected chi connectivity index (χ3v) is 4.81. The summed E-state index contributed by atoms with van der Waals surface area (Å²) in [7, 11) is 3.14. The second kappa shape index (κ2) is 9.79. The number of rotatable bonds is 9. The van der Waals surface area contributed by atoms with Crippen LogP contribution in [-0.2, 0) is 4.79 Å². The van der Waals surface area contributed by atoms with Crippen molar-refractivity contribution < 1.29 is 18.7 Å². The van der Waals surface area contributed by atoms with Gasteiger partial charge in [-0.05, 0) is 24.3 Å². The van der Waals surface area contributed by atoms with Crippen molar-refractivity contribution >= 4 is 23.4 Å². The monoisotopic (exact) mass is 411 g/mol. The van der Waals surface area contributed by atoms with Crippen LogP contribution in [-0.4, -0.2) is 42.6 Å². The number of para-hydroxylation sites is 1. The van der Waals surface area contributed by atoms with Gasteiger partial charge in [0.25, 0.3) is 5.22 Å². The molecule has 2 aromatic carbocycles. The Kier molecular flexibility index (Phi) is 6.91. The number of hydrogen-bond donors (Lipinski definition) is 0. The van der Waals surface area contributed by atoms with Gasteiger partial charge in [-0.25, -0.2) is 0 Å². The number of nitrogens with zero attached hydrogens (tertiary/aromatic N) is 3. The van der Waals surface area contributed by atoms with Crippen LogP contribution in [0.2, 0.25) is 0 Å². The predicted molar refractivity (Wildman–Crippen MR) is 113 cm³/mol. The molecule has 0 unspecified atom stereocenters. The zero-order chi connectivity index (χ0) is 20.6. The largest absolute Gasteiger partial charge is 0.497 e. The lowest BCUT2D eigenvalue weighted by atomic mass is 10.2. The standard InChI is InChI=1S/C21H21N3O4S/c1-4-10-24(16-8-6-5-7-9-16)19(25)14-29-21-23-22-20(28-21)15-11-17(26-2)13-18(12-15)27-3/h4-9,11-13H,1,10,14H2,2-3H3. The fourth-order valence-electron chi connectivity index (χ4n) is 2.61. The fraction of sp³-hybridized carbons (Fsp3) is 0.190. The minimum atomic E-state index is -0.0797. The van der Waals surface area contributed by atoms with Gasteiger partial charge in [0.1, 0.15) is 11.5 Å². The Labute approximate surface area is 173 Å². The van der Waals surface area contributed by atoms with Crippen LogP contribution in [0.1, 0.15) is 0 Å². The van der Waals surface area contributed by atoms with Gasteiger partial charge in [0.2, 0.25) is 11.8 Å². The van der Waals surface area contributed by atoms with Gasteiger partial charge >= 0.3 is 0 Å². The molecule has 0 N–H and O–H groups in total. The Morgan fingerprint density at radius 2 is 1.83 bits per heavy atom. The number of amides is 1. The van der Waals surface area contributed by atoms with E-state index in [9.17, 15) is 4.79 Å². The van der Waals surface area contributed by atoms with Crippen LogP contribution >= 0.6 is 11.8 Å². The number of carbonyl (C=O) groups excluding carboxylic acids is 1. The highest BCUT2D eigenvalue weighted by Gasteiger charge is 2.17. The summed E-state index contributed by atoms with van der Waals surface area (Å²) in [6, 6.07) is 14.7. The van der Waals surface area contributed by atoms with Crippen LogP contribution in [0.25, 0.3) is 11.5 Å². The predicted octanol–water partition coefficient (Wildman–Crippen LogP) is 4.07. The van der Waals surface area contributed by atoms with E-state index in [1.165, 1.54) is 11.8 Å². The number of aromatic nitrogens is 2. The second-order valence-corrected chi connectivity index (χ2v) is 6.82. The van der Waals surface area contributed by atoms with E-state index in [2.05, 4.69) is 16.8 Å². The minimum absolute atomic E-state index is 0.0797. The van der Waals surface area contributed by atoms with Crippen LogP contribution < -0.4 is 14.4 Å². The first kappa shape index (κ1) is 20.5. The molecule has 0 radical (unpaired) electrons. The molecule has 0 aliphatic carbocycles. The topological polar surface area (TPSA) is 77.7 Å². The van der Waals surface area contributed by atoms with E-state index in [0.717, 1.165) is 5.69 Å². The van der Waals surface area contributed by atoms with Crippen LogP contribution in [0.4, 0.5) is 5.69 Å². The average molecular weight is 411 g/mol. The highest BCUT2D eigenvalue weighted by Crippen LogP contribution is 2.30. The van der Waals surface area contributed by atoms with Crippen LogP contribution in [0, 0.1) is 0 Å². The van der Waals surface area contributed by atoms with Gasteiger partial charge < -0.3 is 18.8 Å².